The number of amides is 1. The molecule has 5 heteroatoms. The number of thiocarbonyl (C=S) groups is 1. The SMILES string of the molecule is CCNC(=S)Nc1ccc(NC=O)c(C)c1. The van der Waals surface area contributed by atoms with Crippen LogP contribution in [0.15, 0.2) is 18.2 Å². The van der Waals surface area contributed by atoms with Crippen molar-refractivity contribution < 1.29 is 4.79 Å². The first kappa shape index (κ1) is 12.4. The second kappa shape index (κ2) is 6.07. The van der Waals surface area contributed by atoms with Crippen LogP contribution in [0.25, 0.3) is 0 Å². The van der Waals surface area contributed by atoms with Gasteiger partial charge >= 0.3 is 0 Å². The number of rotatable bonds is 4. The number of hydrogen-bond acceptors (Lipinski definition) is 2. The molecule has 0 radical (unpaired) electrons. The molecule has 0 bridgehead atoms. The molecule has 86 valence electrons. The monoisotopic (exact) mass is 237 g/mol. The van der Waals surface area contributed by atoms with E-state index in [-0.39, 0.29) is 0 Å². The quantitative estimate of drug-likeness (QED) is 0.553. The van der Waals surface area contributed by atoms with Crippen LogP contribution in [0.4, 0.5) is 11.4 Å². The van der Waals surface area contributed by atoms with E-state index >= 15 is 0 Å². The summed E-state index contributed by atoms with van der Waals surface area (Å²) in [7, 11) is 0. The van der Waals surface area contributed by atoms with Gasteiger partial charge in [0.25, 0.3) is 0 Å². The fourth-order valence-corrected chi connectivity index (χ4v) is 1.56. The van der Waals surface area contributed by atoms with E-state index in [1.54, 1.807) is 0 Å². The maximum Gasteiger partial charge on any atom is 0.211 e. The molecule has 0 heterocycles. The van der Waals surface area contributed by atoms with Gasteiger partial charge in [-0.05, 0) is 49.8 Å². The number of nitrogens with one attached hydrogen (secondary N) is 3. The molecule has 1 rings (SSSR count). The van der Waals surface area contributed by atoms with Crippen LogP contribution in [0.1, 0.15) is 12.5 Å². The standard InChI is InChI=1S/C11H15N3OS/c1-3-12-11(16)14-9-4-5-10(13-7-15)8(2)6-9/h4-7H,3H2,1-2H3,(H,13,15)(H2,12,14,16). The smallest absolute Gasteiger partial charge is 0.211 e. The summed E-state index contributed by atoms with van der Waals surface area (Å²) in [4.78, 5) is 10.3. The zero-order chi connectivity index (χ0) is 12.0. The van der Waals surface area contributed by atoms with Crippen molar-refractivity contribution in [3.05, 3.63) is 23.8 Å². The Morgan fingerprint density at radius 2 is 2.25 bits per heavy atom. The predicted molar refractivity (Wildman–Crippen MR) is 70.8 cm³/mol. The first-order valence-electron chi connectivity index (χ1n) is 5.03. The molecule has 0 aliphatic carbocycles. The summed E-state index contributed by atoms with van der Waals surface area (Å²) in [6, 6.07) is 5.62. The van der Waals surface area contributed by atoms with Gasteiger partial charge in [0.1, 0.15) is 0 Å². The van der Waals surface area contributed by atoms with Crippen LogP contribution >= 0.6 is 12.2 Å². The van der Waals surface area contributed by atoms with Crippen LogP contribution in [0.2, 0.25) is 0 Å². The highest BCUT2D eigenvalue weighted by Crippen LogP contribution is 2.18. The molecule has 3 N–H and O–H groups in total. The van der Waals surface area contributed by atoms with Gasteiger partial charge in [-0.15, -0.1) is 0 Å². The topological polar surface area (TPSA) is 53.2 Å². The molecular weight excluding hydrogens is 222 g/mol. The number of carbonyl (C=O) groups is 1. The lowest BCUT2D eigenvalue weighted by Gasteiger charge is -2.11. The summed E-state index contributed by atoms with van der Waals surface area (Å²) in [5, 5.41) is 9.28. The van der Waals surface area contributed by atoms with Gasteiger partial charge < -0.3 is 16.0 Å². The molecule has 16 heavy (non-hydrogen) atoms. The fourth-order valence-electron chi connectivity index (χ4n) is 1.30. The third kappa shape index (κ3) is 3.51. The molecule has 0 saturated carbocycles. The van der Waals surface area contributed by atoms with Gasteiger partial charge in [-0.3, -0.25) is 4.79 Å². The Hall–Kier alpha value is -1.62. The van der Waals surface area contributed by atoms with Crippen LogP contribution in [-0.4, -0.2) is 18.1 Å². The van der Waals surface area contributed by atoms with E-state index in [9.17, 15) is 4.79 Å². The van der Waals surface area contributed by atoms with Crippen molar-refractivity contribution in [2.75, 3.05) is 17.2 Å². The van der Waals surface area contributed by atoms with E-state index in [2.05, 4.69) is 16.0 Å². The molecular formula is C11H15N3OS. The zero-order valence-corrected chi connectivity index (χ0v) is 10.1. The third-order valence-corrected chi connectivity index (χ3v) is 2.28. The largest absolute Gasteiger partial charge is 0.363 e. The highest BCUT2D eigenvalue weighted by atomic mass is 32.1. The molecule has 0 aromatic heterocycles. The Bertz CT molecular complexity index is 393. The Morgan fingerprint density at radius 1 is 1.50 bits per heavy atom. The minimum Gasteiger partial charge on any atom is -0.363 e. The van der Waals surface area contributed by atoms with Crippen LogP contribution in [-0.2, 0) is 4.79 Å². The minimum atomic E-state index is 0.595. The zero-order valence-electron chi connectivity index (χ0n) is 9.33. The number of carbonyl (C=O) groups excluding carboxylic acids is 1. The lowest BCUT2D eigenvalue weighted by molar-refractivity contribution is -0.105. The number of hydrogen-bond donors (Lipinski definition) is 3. The predicted octanol–water partition coefficient (Wildman–Crippen LogP) is 1.87. The minimum absolute atomic E-state index is 0.595. The Balaban J connectivity index is 2.73. The summed E-state index contributed by atoms with van der Waals surface area (Å²) in [6.45, 7) is 4.69. The van der Waals surface area contributed by atoms with Crippen LogP contribution < -0.4 is 16.0 Å². The van der Waals surface area contributed by atoms with Crippen molar-refractivity contribution >= 4 is 35.1 Å². The van der Waals surface area contributed by atoms with Crippen molar-refractivity contribution in [3.63, 3.8) is 0 Å². The Kier molecular flexibility index (Phi) is 4.72. The normalized spacial score (nSPS) is 9.38. The molecule has 0 saturated heterocycles. The highest BCUT2D eigenvalue weighted by Gasteiger charge is 2.00. The molecule has 0 atom stereocenters. The van der Waals surface area contributed by atoms with Gasteiger partial charge in [0.05, 0.1) is 0 Å². The van der Waals surface area contributed by atoms with E-state index in [1.165, 1.54) is 0 Å². The summed E-state index contributed by atoms with van der Waals surface area (Å²) >= 11 is 5.07. The van der Waals surface area contributed by atoms with Gasteiger partial charge in [-0.1, -0.05) is 0 Å². The second-order valence-electron chi connectivity index (χ2n) is 3.28. The van der Waals surface area contributed by atoms with Crippen molar-refractivity contribution in [2.24, 2.45) is 0 Å². The molecule has 0 aliphatic heterocycles. The molecule has 1 amide bonds. The highest BCUT2D eigenvalue weighted by molar-refractivity contribution is 7.80. The van der Waals surface area contributed by atoms with Crippen molar-refractivity contribution in [1.82, 2.24) is 5.32 Å². The molecule has 0 spiro atoms. The Morgan fingerprint density at radius 3 is 2.81 bits per heavy atom. The van der Waals surface area contributed by atoms with Gasteiger partial charge in [0.15, 0.2) is 5.11 Å². The second-order valence-corrected chi connectivity index (χ2v) is 3.68. The molecule has 1 aromatic carbocycles. The van der Waals surface area contributed by atoms with Gasteiger partial charge in [0, 0.05) is 17.9 Å². The van der Waals surface area contributed by atoms with E-state index in [4.69, 9.17) is 12.2 Å². The lowest BCUT2D eigenvalue weighted by atomic mass is 10.2. The fraction of sp³-hybridized carbons (Fsp3) is 0.273. The van der Waals surface area contributed by atoms with Crippen molar-refractivity contribution in [1.29, 1.82) is 0 Å². The van der Waals surface area contributed by atoms with Gasteiger partial charge in [0.2, 0.25) is 6.41 Å². The third-order valence-electron chi connectivity index (χ3n) is 2.04. The number of aryl methyl sites for hydroxylation is 1. The molecule has 1 aromatic rings. The first-order chi connectivity index (χ1) is 7.67. The maximum atomic E-state index is 10.3. The van der Waals surface area contributed by atoms with Crippen LogP contribution in [0.3, 0.4) is 0 Å². The van der Waals surface area contributed by atoms with Crippen molar-refractivity contribution in [3.8, 4) is 0 Å². The van der Waals surface area contributed by atoms with Crippen LogP contribution in [0, 0.1) is 6.92 Å². The van der Waals surface area contributed by atoms with E-state index < -0.39 is 0 Å². The molecule has 0 fully saturated rings. The average molecular weight is 237 g/mol. The Labute approximate surface area is 100 Å². The van der Waals surface area contributed by atoms with Crippen molar-refractivity contribution in [2.45, 2.75) is 13.8 Å². The maximum absolute atomic E-state index is 10.3. The first-order valence-corrected chi connectivity index (χ1v) is 5.44. The van der Waals surface area contributed by atoms with E-state index in [1.807, 2.05) is 32.0 Å². The molecule has 0 aliphatic rings. The summed E-state index contributed by atoms with van der Waals surface area (Å²) < 4.78 is 0. The summed E-state index contributed by atoms with van der Waals surface area (Å²) in [6.07, 6.45) is 0.665. The lowest BCUT2D eigenvalue weighted by Crippen LogP contribution is -2.27. The van der Waals surface area contributed by atoms with E-state index in [0.29, 0.717) is 11.5 Å². The summed E-state index contributed by atoms with van der Waals surface area (Å²) in [5.74, 6) is 0. The van der Waals surface area contributed by atoms with Crippen LogP contribution in [0.5, 0.6) is 0 Å². The van der Waals surface area contributed by atoms with Gasteiger partial charge in [-0.25, -0.2) is 0 Å². The molecule has 0 unspecified atom stereocenters. The molecule has 4 nitrogen and oxygen atoms in total. The average Bonchev–Trinajstić information content (AvgIpc) is 2.22. The van der Waals surface area contributed by atoms with Gasteiger partial charge in [-0.2, -0.15) is 0 Å². The number of anilines is 2. The number of benzene rings is 1. The van der Waals surface area contributed by atoms with E-state index in [0.717, 1.165) is 23.5 Å². The summed E-state index contributed by atoms with van der Waals surface area (Å²) in [5.41, 5.74) is 2.69.